The van der Waals surface area contributed by atoms with Crippen molar-refractivity contribution < 1.29 is 19.2 Å². The van der Waals surface area contributed by atoms with Gasteiger partial charge in [-0.25, -0.2) is 0 Å². The monoisotopic (exact) mass is 383 g/mol. The summed E-state index contributed by atoms with van der Waals surface area (Å²) in [6.45, 7) is 1.93. The predicted molar refractivity (Wildman–Crippen MR) is 86.6 cm³/mol. The number of esters is 1. The number of benzene rings is 1. The molecule has 7 heteroatoms. The van der Waals surface area contributed by atoms with Gasteiger partial charge in [-0.05, 0) is 31.0 Å². The van der Waals surface area contributed by atoms with Crippen LogP contribution in [0.2, 0.25) is 0 Å². The number of rotatable bonds is 6. The Morgan fingerprint density at radius 3 is 2.61 bits per heavy atom. The molecule has 1 aromatic rings. The third kappa shape index (κ3) is 3.96. The molecule has 0 unspecified atom stereocenters. The van der Waals surface area contributed by atoms with Crippen molar-refractivity contribution in [3.05, 3.63) is 44.4 Å². The molecule has 0 aliphatic heterocycles. The number of aldehydes is 1. The van der Waals surface area contributed by atoms with E-state index in [2.05, 4.69) is 15.9 Å². The normalized spacial score (nSPS) is 26.7. The number of halogens is 1. The van der Waals surface area contributed by atoms with Crippen LogP contribution in [0.5, 0.6) is 0 Å². The molecule has 2 rings (SSSR count). The summed E-state index contributed by atoms with van der Waals surface area (Å²) in [5, 5.41) is 11.6. The highest BCUT2D eigenvalue weighted by molar-refractivity contribution is 9.10. The summed E-state index contributed by atoms with van der Waals surface area (Å²) in [4.78, 5) is 34.4. The average molecular weight is 384 g/mol. The first-order valence-electron chi connectivity index (χ1n) is 7.47. The number of hydrogen-bond acceptors (Lipinski definition) is 5. The van der Waals surface area contributed by atoms with E-state index >= 15 is 0 Å². The maximum Gasteiger partial charge on any atom is 0.306 e. The van der Waals surface area contributed by atoms with Crippen molar-refractivity contribution in [1.82, 2.24) is 0 Å². The van der Waals surface area contributed by atoms with Crippen molar-refractivity contribution in [1.29, 1.82) is 0 Å². The molecular weight excluding hydrogens is 366 g/mol. The van der Waals surface area contributed by atoms with Crippen molar-refractivity contribution in [3.8, 4) is 0 Å². The van der Waals surface area contributed by atoms with Gasteiger partial charge in [0.25, 0.3) is 0 Å². The second kappa shape index (κ2) is 7.68. The van der Waals surface area contributed by atoms with Crippen molar-refractivity contribution in [2.24, 2.45) is 11.8 Å². The Hall–Kier alpha value is -1.76. The fourth-order valence-corrected chi connectivity index (χ4v) is 3.66. The van der Waals surface area contributed by atoms with Crippen molar-refractivity contribution >= 4 is 28.2 Å². The molecule has 1 aliphatic rings. The highest BCUT2D eigenvalue weighted by Crippen LogP contribution is 2.45. The highest BCUT2D eigenvalue weighted by atomic mass is 79.9. The number of nitro groups is 1. The molecule has 1 aliphatic carbocycles. The second-order valence-electron chi connectivity index (χ2n) is 5.66. The quantitative estimate of drug-likeness (QED) is 0.326. The van der Waals surface area contributed by atoms with E-state index in [0.29, 0.717) is 6.42 Å². The molecule has 1 saturated carbocycles. The van der Waals surface area contributed by atoms with Crippen LogP contribution in [-0.2, 0) is 14.3 Å². The molecular formula is C16H18BrNO5. The first kappa shape index (κ1) is 17.6. The molecule has 124 valence electrons. The first-order valence-corrected chi connectivity index (χ1v) is 8.27. The topological polar surface area (TPSA) is 86.5 Å². The summed E-state index contributed by atoms with van der Waals surface area (Å²) in [6.07, 6.45) is 1.07. The van der Waals surface area contributed by atoms with Gasteiger partial charge in [-0.3, -0.25) is 14.9 Å². The van der Waals surface area contributed by atoms with Gasteiger partial charge in [0.2, 0.25) is 6.04 Å². The molecule has 4 atom stereocenters. The van der Waals surface area contributed by atoms with E-state index in [9.17, 15) is 19.7 Å². The third-order valence-corrected chi connectivity index (χ3v) is 4.82. The van der Waals surface area contributed by atoms with E-state index in [-0.39, 0.29) is 18.0 Å². The molecule has 1 aromatic carbocycles. The lowest BCUT2D eigenvalue weighted by molar-refractivity contribution is -0.532. The Morgan fingerprint density at radius 1 is 1.43 bits per heavy atom. The highest BCUT2D eigenvalue weighted by Gasteiger charge is 2.52. The summed E-state index contributed by atoms with van der Waals surface area (Å²) in [6, 6.07) is 6.21. The Kier molecular flexibility index (Phi) is 5.87. The predicted octanol–water partition coefficient (Wildman–Crippen LogP) is 2.97. The molecule has 0 bridgehead atoms. The molecule has 0 amide bonds. The van der Waals surface area contributed by atoms with Crippen LogP contribution in [0.4, 0.5) is 0 Å². The first-order chi connectivity index (χ1) is 11.0. The molecule has 1 fully saturated rings. The maximum absolute atomic E-state index is 11.7. The SMILES string of the molecule is CCOC(=O)C[C@H]1C[C@@H](C=O)[C@H](c2ccc(Br)cc2)[C@H]1[N+](=O)[O-]. The minimum atomic E-state index is -0.962. The molecule has 0 aromatic heterocycles. The van der Waals surface area contributed by atoms with Gasteiger partial charge in [0.05, 0.1) is 18.9 Å². The Morgan fingerprint density at radius 2 is 2.09 bits per heavy atom. The van der Waals surface area contributed by atoms with Crippen molar-refractivity contribution in [2.45, 2.75) is 31.7 Å². The van der Waals surface area contributed by atoms with Crippen LogP contribution in [0.15, 0.2) is 28.7 Å². The largest absolute Gasteiger partial charge is 0.466 e. The van der Waals surface area contributed by atoms with Crippen LogP contribution in [0, 0.1) is 22.0 Å². The maximum atomic E-state index is 11.7. The van der Waals surface area contributed by atoms with Crippen LogP contribution in [-0.4, -0.2) is 29.8 Å². The lowest BCUT2D eigenvalue weighted by atomic mass is 9.86. The molecule has 0 saturated heterocycles. The minimum Gasteiger partial charge on any atom is -0.466 e. The fraction of sp³-hybridized carbons (Fsp3) is 0.500. The van der Waals surface area contributed by atoms with Gasteiger partial charge in [0.15, 0.2) is 0 Å². The van der Waals surface area contributed by atoms with Gasteiger partial charge >= 0.3 is 5.97 Å². The zero-order valence-electron chi connectivity index (χ0n) is 12.7. The Labute approximate surface area is 142 Å². The molecule has 0 spiro atoms. The van der Waals surface area contributed by atoms with Gasteiger partial charge in [-0.2, -0.15) is 0 Å². The van der Waals surface area contributed by atoms with Gasteiger partial charge < -0.3 is 9.53 Å². The summed E-state index contributed by atoms with van der Waals surface area (Å²) < 4.78 is 5.76. The van der Waals surface area contributed by atoms with E-state index in [1.54, 1.807) is 31.2 Å². The number of ether oxygens (including phenoxy) is 1. The standard InChI is InChI=1S/C16H18BrNO5/c1-2-23-14(20)8-11-7-12(9-19)15(16(11)18(21)22)10-3-5-13(17)6-4-10/h3-6,9,11-12,15-16H,2,7-8H2,1H3/t11-,12+,15+,16+/m1/s1. The van der Waals surface area contributed by atoms with Crippen molar-refractivity contribution in [3.63, 3.8) is 0 Å². The Balaban J connectivity index is 2.30. The Bertz CT molecular complexity index is 589. The summed E-state index contributed by atoms with van der Waals surface area (Å²) in [5.41, 5.74) is 0.748. The molecule has 0 heterocycles. The van der Waals surface area contributed by atoms with Crippen LogP contribution in [0.25, 0.3) is 0 Å². The number of carbonyl (C=O) groups is 2. The molecule has 0 radical (unpaired) electrons. The van der Waals surface area contributed by atoms with Crippen LogP contribution in [0.1, 0.15) is 31.2 Å². The minimum absolute atomic E-state index is 0.0309. The van der Waals surface area contributed by atoms with Gasteiger partial charge in [-0.1, -0.05) is 28.1 Å². The van der Waals surface area contributed by atoms with Crippen LogP contribution < -0.4 is 0 Å². The van der Waals surface area contributed by atoms with E-state index in [1.807, 2.05) is 0 Å². The van der Waals surface area contributed by atoms with E-state index in [4.69, 9.17) is 4.74 Å². The zero-order valence-corrected chi connectivity index (χ0v) is 14.3. The summed E-state index contributed by atoms with van der Waals surface area (Å²) in [7, 11) is 0. The van der Waals surface area contributed by atoms with Crippen LogP contribution in [0.3, 0.4) is 0 Å². The number of carbonyl (C=O) groups excluding carboxylic acids is 2. The van der Waals surface area contributed by atoms with Crippen LogP contribution >= 0.6 is 15.9 Å². The summed E-state index contributed by atoms with van der Waals surface area (Å²) >= 11 is 3.33. The lowest BCUT2D eigenvalue weighted by Gasteiger charge is -2.19. The van der Waals surface area contributed by atoms with Crippen molar-refractivity contribution in [2.75, 3.05) is 6.61 Å². The van der Waals surface area contributed by atoms with Gasteiger partial charge in [-0.15, -0.1) is 0 Å². The molecule has 23 heavy (non-hydrogen) atoms. The molecule has 6 nitrogen and oxygen atoms in total. The van der Waals surface area contributed by atoms with Gasteiger partial charge in [0.1, 0.15) is 6.29 Å². The molecule has 0 N–H and O–H groups in total. The smallest absolute Gasteiger partial charge is 0.306 e. The van der Waals surface area contributed by atoms with E-state index in [1.165, 1.54) is 0 Å². The second-order valence-corrected chi connectivity index (χ2v) is 6.57. The number of nitrogens with zero attached hydrogens (tertiary/aromatic N) is 1. The third-order valence-electron chi connectivity index (χ3n) is 4.29. The summed E-state index contributed by atoms with van der Waals surface area (Å²) in [5.74, 6) is -1.93. The van der Waals surface area contributed by atoms with Gasteiger partial charge in [0, 0.05) is 21.2 Å². The van der Waals surface area contributed by atoms with E-state index in [0.717, 1.165) is 16.3 Å². The zero-order chi connectivity index (χ0) is 17.0. The number of hydrogen-bond donors (Lipinski definition) is 0. The lowest BCUT2D eigenvalue weighted by Crippen LogP contribution is -2.32. The van der Waals surface area contributed by atoms with E-state index < -0.39 is 29.8 Å². The average Bonchev–Trinajstić information content (AvgIpc) is 2.86. The fourth-order valence-electron chi connectivity index (χ4n) is 3.39.